The predicted molar refractivity (Wildman–Crippen MR) is 213 cm³/mol. The fraction of sp³-hybridized carbons (Fsp3) is 0.200. The topological polar surface area (TPSA) is 233 Å². The molecule has 0 radical (unpaired) electrons. The van der Waals surface area contributed by atoms with Crippen molar-refractivity contribution in [1.82, 2.24) is 0 Å². The third kappa shape index (κ3) is 6.20. The van der Waals surface area contributed by atoms with E-state index in [0.717, 1.165) is 33.4 Å². The number of aryl methyl sites for hydroxylation is 4. The highest BCUT2D eigenvalue weighted by molar-refractivity contribution is 7.86. The van der Waals surface area contributed by atoms with Crippen molar-refractivity contribution < 1.29 is 28.8 Å². The predicted octanol–water partition coefficient (Wildman–Crippen LogP) is 10.2. The second-order valence-electron chi connectivity index (χ2n) is 12.9. The molecule has 6 aromatic rings. The van der Waals surface area contributed by atoms with Gasteiger partial charge in [0.05, 0.1) is 11.4 Å². The Morgan fingerprint density at radius 1 is 0.556 bits per heavy atom. The van der Waals surface area contributed by atoms with Crippen molar-refractivity contribution in [3.8, 4) is 33.4 Å². The summed E-state index contributed by atoms with van der Waals surface area (Å²) in [5.74, 6) is 0. The molecule has 0 amide bonds. The second kappa shape index (κ2) is 14.4. The Morgan fingerprint density at radius 3 is 1.11 bits per heavy atom. The van der Waals surface area contributed by atoms with Crippen LogP contribution in [0.25, 0.3) is 54.9 Å². The van der Waals surface area contributed by atoms with Gasteiger partial charge in [-0.2, -0.15) is 27.1 Å². The SMILES string of the molecule is [H]/N=N/c1c(S(=O)(=O)O)c(-c2c(CC)cc(-c3cc(CC)c(-c4c(S(=O)(=O)O)c(/N=N/[H])c(N)c5ccccc45)c(CC)c3)cc2CC)c2ccccc2c1N. The number of nitrogens with two attached hydrogens (primary N) is 2. The van der Waals surface area contributed by atoms with Gasteiger partial charge in [0.2, 0.25) is 2.82 Å². The van der Waals surface area contributed by atoms with Crippen molar-refractivity contribution in [2.75, 3.05) is 11.5 Å². The van der Waals surface area contributed by atoms with Crippen LogP contribution in [0, 0.1) is 11.0 Å². The lowest BCUT2D eigenvalue weighted by atomic mass is 9.83. The van der Waals surface area contributed by atoms with Crippen LogP contribution in [0.15, 0.2) is 92.8 Å². The maximum Gasteiger partial charge on any atom is 0.297 e. The van der Waals surface area contributed by atoms with E-state index >= 15 is 0 Å². The summed E-state index contributed by atoms with van der Waals surface area (Å²) < 4.78 is 89.0. The molecule has 14 heteroatoms. The molecule has 6 rings (SSSR count). The maximum atomic E-state index is 13.2. The van der Waals surface area contributed by atoms with E-state index in [9.17, 15) is 25.9 Å². The highest BCUT2D eigenvalue weighted by Gasteiger charge is 2.32. The molecular formula is C40H40N6O6S2. The molecule has 0 bridgehead atoms. The number of nitrogen functional groups attached to an aromatic ring is 2. The number of anilines is 2. The summed E-state index contributed by atoms with van der Waals surface area (Å²) in [6.45, 7) is 7.75. The van der Waals surface area contributed by atoms with E-state index in [1.54, 1.807) is 48.5 Å². The highest BCUT2D eigenvalue weighted by atomic mass is 32.2. The number of nitrogens with one attached hydrogen (secondary N) is 2. The van der Waals surface area contributed by atoms with Gasteiger partial charge in [-0.05, 0) is 81.0 Å². The Labute approximate surface area is 316 Å². The molecule has 0 saturated carbocycles. The van der Waals surface area contributed by atoms with E-state index in [1.807, 2.05) is 52.0 Å². The van der Waals surface area contributed by atoms with Gasteiger partial charge in [0.25, 0.3) is 20.2 Å². The van der Waals surface area contributed by atoms with Crippen LogP contribution in [-0.4, -0.2) is 25.9 Å². The van der Waals surface area contributed by atoms with Crippen molar-refractivity contribution in [2.24, 2.45) is 10.2 Å². The average Bonchev–Trinajstić information content (AvgIpc) is 3.18. The third-order valence-electron chi connectivity index (χ3n) is 10.0. The molecule has 0 aliphatic carbocycles. The fourth-order valence-corrected chi connectivity index (χ4v) is 9.41. The van der Waals surface area contributed by atoms with Gasteiger partial charge in [-0.15, -0.1) is 0 Å². The summed E-state index contributed by atoms with van der Waals surface area (Å²) in [5, 5.41) is 9.43. The van der Waals surface area contributed by atoms with E-state index < -0.39 is 30.0 Å². The van der Waals surface area contributed by atoms with Gasteiger partial charge in [0.15, 0.2) is 0 Å². The summed E-state index contributed by atoms with van der Waals surface area (Å²) in [7, 11) is -9.92. The van der Waals surface area contributed by atoms with E-state index in [0.29, 0.717) is 58.4 Å². The van der Waals surface area contributed by atoms with Crippen molar-refractivity contribution in [3.05, 3.63) is 95.1 Å². The molecular weight excluding hydrogens is 725 g/mol. The van der Waals surface area contributed by atoms with Gasteiger partial charge in [0.1, 0.15) is 21.2 Å². The van der Waals surface area contributed by atoms with Gasteiger partial charge in [-0.1, -0.05) is 100 Å². The summed E-state index contributed by atoms with van der Waals surface area (Å²) >= 11 is 0. The van der Waals surface area contributed by atoms with Crippen LogP contribution < -0.4 is 11.5 Å². The smallest absolute Gasteiger partial charge is 0.297 e. The van der Waals surface area contributed by atoms with Crippen LogP contribution in [-0.2, 0) is 45.9 Å². The van der Waals surface area contributed by atoms with Crippen LogP contribution in [0.2, 0.25) is 2.82 Å². The number of rotatable bonds is 11. The van der Waals surface area contributed by atoms with Crippen molar-refractivity contribution in [3.63, 3.8) is 0 Å². The Morgan fingerprint density at radius 2 is 0.852 bits per heavy atom. The van der Waals surface area contributed by atoms with Crippen LogP contribution in [0.1, 0.15) is 49.9 Å². The summed E-state index contributed by atoms with van der Waals surface area (Å²) in [6.07, 6.45) is 1.82. The monoisotopic (exact) mass is 764 g/mol. The van der Waals surface area contributed by atoms with Crippen LogP contribution in [0.3, 0.4) is 0 Å². The normalized spacial score (nSPS) is 13.0. The first-order valence-electron chi connectivity index (χ1n) is 18.2. The van der Waals surface area contributed by atoms with E-state index in [4.69, 9.17) is 14.3 Å². The minimum Gasteiger partial charge on any atom is -0.396 e. The second-order valence-corrected chi connectivity index (χ2v) is 15.6. The Kier molecular flexibility index (Phi) is 9.44. The Balaban J connectivity index is 1.71. The number of benzene rings is 6. The van der Waals surface area contributed by atoms with Gasteiger partial charge in [0, 0.05) is 21.9 Å². The number of hydrogen-bond donors (Lipinski definition) is 6. The molecule has 6 aromatic carbocycles. The van der Waals surface area contributed by atoms with Gasteiger partial charge in [-0.25, -0.2) is 11.0 Å². The lowest BCUT2D eigenvalue weighted by Gasteiger charge is -2.23. The summed E-state index contributed by atoms with van der Waals surface area (Å²) in [6, 6.07) is 21.7. The van der Waals surface area contributed by atoms with Crippen LogP contribution >= 0.6 is 0 Å². The maximum absolute atomic E-state index is 13.2. The van der Waals surface area contributed by atoms with Gasteiger partial charge >= 0.3 is 0 Å². The molecule has 8 N–H and O–H groups in total. The molecule has 0 spiro atoms. The summed E-state index contributed by atoms with van der Waals surface area (Å²) in [5.41, 5.74) is 24.5. The Hall–Kier alpha value is -5.54. The molecule has 0 aromatic heterocycles. The average molecular weight is 765 g/mol. The van der Waals surface area contributed by atoms with Crippen molar-refractivity contribution >= 4 is 64.5 Å². The number of fused-ring (bicyclic) bond motifs is 2. The Bertz CT molecular complexity index is 2620. The molecule has 0 saturated heterocycles. The number of hydrogen-bond acceptors (Lipinski definition) is 10. The van der Waals surface area contributed by atoms with Crippen LogP contribution in [0.5, 0.6) is 0 Å². The zero-order chi connectivity index (χ0) is 40.7. The van der Waals surface area contributed by atoms with E-state index in [-0.39, 0.29) is 33.9 Å². The fourth-order valence-electron chi connectivity index (χ4n) is 7.68. The molecule has 0 unspecified atom stereocenters. The molecule has 0 fully saturated rings. The highest BCUT2D eigenvalue weighted by Crippen LogP contribution is 2.50. The first-order valence-corrected chi connectivity index (χ1v) is 20.2. The first kappa shape index (κ1) is 35.5. The molecule has 12 nitrogen and oxygen atoms in total. The zero-order valence-electron chi connectivity index (χ0n) is 32.0. The molecule has 278 valence electrons. The quantitative estimate of drug-likeness (QED) is 0.0421. The summed E-state index contributed by atoms with van der Waals surface area (Å²) in [4.78, 5) is -1.08. The zero-order valence-corrected chi connectivity index (χ0v) is 31.7. The molecule has 0 aliphatic heterocycles. The lowest BCUT2D eigenvalue weighted by molar-refractivity contribution is 0.481. The largest absolute Gasteiger partial charge is 0.396 e. The minimum atomic E-state index is -4.96. The molecule has 0 heterocycles. The van der Waals surface area contributed by atoms with Crippen LogP contribution in [0.4, 0.5) is 22.7 Å². The van der Waals surface area contributed by atoms with Crippen molar-refractivity contribution in [2.45, 2.75) is 63.2 Å². The van der Waals surface area contributed by atoms with Crippen molar-refractivity contribution in [1.29, 1.82) is 11.0 Å². The van der Waals surface area contributed by atoms with E-state index in [1.165, 1.54) is 0 Å². The molecule has 0 aliphatic rings. The van der Waals surface area contributed by atoms with E-state index in [2.05, 4.69) is 21.3 Å². The first-order chi connectivity index (χ1) is 26.7. The lowest BCUT2D eigenvalue weighted by Crippen LogP contribution is -2.08. The van der Waals surface area contributed by atoms with Gasteiger partial charge in [-0.3, -0.25) is 9.11 Å². The standard InChI is InChI=1S/C40H40N6O6S2/c1-5-21-17-25(18-22(6-2)31(21)33-27-13-9-11-15-29(27)35(41)37(45-43)39(33)53(47,48)49)26-19-23(7-3)32(24(8-4)20-26)34-28-14-10-12-16-30(28)36(42)38(46-44)40(34)54(50,51)52/h9-20,43-44H,5-8,41-42H2,1-4H3,(H,47,48,49)(H,50,51,52)/b45-43+,46-44+. The van der Waals surface area contributed by atoms with Gasteiger partial charge < -0.3 is 11.5 Å². The molecule has 54 heavy (non-hydrogen) atoms. The minimum absolute atomic E-state index is 0.0408. The number of nitrogens with zero attached hydrogens (tertiary/aromatic N) is 2. The third-order valence-corrected chi connectivity index (χ3v) is 11.9. The molecule has 0 atom stereocenters.